The summed E-state index contributed by atoms with van der Waals surface area (Å²) in [5, 5.41) is 3.64. The molecule has 0 amide bonds. The molecule has 3 heteroatoms. The van der Waals surface area contributed by atoms with Crippen LogP contribution in [0.5, 0.6) is 5.75 Å². The third-order valence-corrected chi connectivity index (χ3v) is 3.83. The Hall–Kier alpha value is -1.22. The summed E-state index contributed by atoms with van der Waals surface area (Å²) < 4.78 is 5.61. The number of piperidine rings is 1. The Bertz CT molecular complexity index is 369. The van der Waals surface area contributed by atoms with Crippen LogP contribution in [0.2, 0.25) is 0 Å². The Morgan fingerprint density at radius 1 is 1.10 bits per heavy atom. The predicted molar refractivity (Wildman–Crippen MR) is 85.6 cm³/mol. The van der Waals surface area contributed by atoms with E-state index in [4.69, 9.17) is 4.74 Å². The van der Waals surface area contributed by atoms with E-state index >= 15 is 0 Å². The number of ether oxygens (including phenoxy) is 1. The van der Waals surface area contributed by atoms with Gasteiger partial charge in [-0.3, -0.25) is 0 Å². The number of benzene rings is 1. The van der Waals surface area contributed by atoms with Crippen LogP contribution in [0.15, 0.2) is 24.3 Å². The van der Waals surface area contributed by atoms with E-state index in [2.05, 4.69) is 48.3 Å². The normalized spacial score (nSPS) is 17.1. The second-order valence-electron chi connectivity index (χ2n) is 5.63. The summed E-state index contributed by atoms with van der Waals surface area (Å²) in [5.41, 5.74) is 1.21. The molecule has 1 fully saturated rings. The van der Waals surface area contributed by atoms with Gasteiger partial charge < -0.3 is 15.0 Å². The largest absolute Gasteiger partial charge is 0.494 e. The lowest BCUT2D eigenvalue weighted by Gasteiger charge is -2.32. The predicted octanol–water partition coefficient (Wildman–Crippen LogP) is 3.76. The summed E-state index contributed by atoms with van der Waals surface area (Å²) in [7, 11) is 0. The molecule has 0 saturated carbocycles. The zero-order chi connectivity index (χ0) is 14.2. The van der Waals surface area contributed by atoms with Gasteiger partial charge in [-0.25, -0.2) is 0 Å². The molecule has 1 heterocycles. The fourth-order valence-corrected chi connectivity index (χ4v) is 2.72. The van der Waals surface area contributed by atoms with Crippen molar-refractivity contribution in [1.29, 1.82) is 0 Å². The Morgan fingerprint density at radius 3 is 2.40 bits per heavy atom. The molecule has 1 N–H and O–H groups in total. The molecule has 0 bridgehead atoms. The summed E-state index contributed by atoms with van der Waals surface area (Å²) in [4.78, 5) is 2.57. The maximum absolute atomic E-state index is 5.61. The molecular weight excluding hydrogens is 248 g/mol. The van der Waals surface area contributed by atoms with Crippen molar-refractivity contribution in [2.75, 3.05) is 31.6 Å². The van der Waals surface area contributed by atoms with Crippen LogP contribution in [0.1, 0.15) is 39.5 Å². The van der Waals surface area contributed by atoms with E-state index < -0.39 is 0 Å². The van der Waals surface area contributed by atoms with Crippen LogP contribution in [0, 0.1) is 0 Å². The van der Waals surface area contributed by atoms with Crippen LogP contribution in [0.4, 0.5) is 5.69 Å². The van der Waals surface area contributed by atoms with Gasteiger partial charge in [0.25, 0.3) is 0 Å². The SMILES string of the molecule is CCCOc1ccc(NC2CCN(CCC)CC2)cc1. The van der Waals surface area contributed by atoms with Crippen molar-refractivity contribution in [3.63, 3.8) is 0 Å². The van der Waals surface area contributed by atoms with E-state index in [1.165, 1.54) is 44.6 Å². The average molecular weight is 276 g/mol. The van der Waals surface area contributed by atoms with Crippen molar-refractivity contribution in [2.45, 2.75) is 45.6 Å². The number of nitrogens with one attached hydrogen (secondary N) is 1. The van der Waals surface area contributed by atoms with Gasteiger partial charge in [-0.15, -0.1) is 0 Å². The second kappa shape index (κ2) is 8.15. The van der Waals surface area contributed by atoms with Gasteiger partial charge >= 0.3 is 0 Å². The third-order valence-electron chi connectivity index (χ3n) is 3.83. The van der Waals surface area contributed by atoms with Gasteiger partial charge in [0, 0.05) is 24.8 Å². The van der Waals surface area contributed by atoms with E-state index in [-0.39, 0.29) is 0 Å². The molecule has 0 spiro atoms. The first-order valence-electron chi connectivity index (χ1n) is 8.03. The minimum atomic E-state index is 0.616. The molecule has 0 unspecified atom stereocenters. The summed E-state index contributed by atoms with van der Waals surface area (Å²) >= 11 is 0. The highest BCUT2D eigenvalue weighted by atomic mass is 16.5. The highest BCUT2D eigenvalue weighted by molar-refractivity contribution is 5.47. The first-order valence-corrected chi connectivity index (χ1v) is 8.03. The van der Waals surface area contributed by atoms with Crippen molar-refractivity contribution in [1.82, 2.24) is 4.90 Å². The molecule has 0 atom stereocenters. The van der Waals surface area contributed by atoms with Gasteiger partial charge in [0.2, 0.25) is 0 Å². The van der Waals surface area contributed by atoms with Crippen molar-refractivity contribution in [2.24, 2.45) is 0 Å². The topological polar surface area (TPSA) is 24.5 Å². The van der Waals surface area contributed by atoms with Gasteiger partial charge in [-0.2, -0.15) is 0 Å². The minimum absolute atomic E-state index is 0.616. The molecule has 20 heavy (non-hydrogen) atoms. The number of hydrogen-bond acceptors (Lipinski definition) is 3. The van der Waals surface area contributed by atoms with Gasteiger partial charge in [-0.1, -0.05) is 13.8 Å². The van der Waals surface area contributed by atoms with Crippen LogP contribution in [-0.2, 0) is 0 Å². The smallest absolute Gasteiger partial charge is 0.119 e. The molecule has 1 saturated heterocycles. The highest BCUT2D eigenvalue weighted by Gasteiger charge is 2.18. The maximum Gasteiger partial charge on any atom is 0.119 e. The van der Waals surface area contributed by atoms with Crippen molar-refractivity contribution in [3.8, 4) is 5.75 Å². The summed E-state index contributed by atoms with van der Waals surface area (Å²) in [6.07, 6.45) is 4.80. The lowest BCUT2D eigenvalue weighted by molar-refractivity contribution is 0.219. The Balaban J connectivity index is 1.76. The monoisotopic (exact) mass is 276 g/mol. The van der Waals surface area contributed by atoms with E-state index in [0.29, 0.717) is 6.04 Å². The van der Waals surface area contributed by atoms with Crippen LogP contribution in [-0.4, -0.2) is 37.2 Å². The van der Waals surface area contributed by atoms with Gasteiger partial charge in [-0.05, 0) is 56.5 Å². The van der Waals surface area contributed by atoms with E-state index in [0.717, 1.165) is 18.8 Å². The first kappa shape index (κ1) is 15.2. The summed E-state index contributed by atoms with van der Waals surface area (Å²) in [5.74, 6) is 0.968. The Morgan fingerprint density at radius 2 is 1.80 bits per heavy atom. The van der Waals surface area contributed by atoms with E-state index in [9.17, 15) is 0 Å². The molecule has 2 rings (SSSR count). The number of likely N-dealkylation sites (tertiary alicyclic amines) is 1. The van der Waals surface area contributed by atoms with Crippen LogP contribution < -0.4 is 10.1 Å². The number of rotatable bonds is 7. The van der Waals surface area contributed by atoms with Gasteiger partial charge in [0.15, 0.2) is 0 Å². The summed E-state index contributed by atoms with van der Waals surface area (Å²) in [6, 6.07) is 8.99. The third kappa shape index (κ3) is 4.71. The molecule has 3 nitrogen and oxygen atoms in total. The van der Waals surface area contributed by atoms with Crippen LogP contribution >= 0.6 is 0 Å². The maximum atomic E-state index is 5.61. The fourth-order valence-electron chi connectivity index (χ4n) is 2.72. The standard InChI is InChI=1S/C17H28N2O/c1-3-11-19-12-9-16(10-13-19)18-15-5-7-17(8-6-15)20-14-4-2/h5-8,16,18H,3-4,9-14H2,1-2H3. The van der Waals surface area contributed by atoms with Crippen molar-refractivity contribution < 1.29 is 4.74 Å². The molecule has 1 aliphatic rings. The average Bonchev–Trinajstić information content (AvgIpc) is 2.49. The van der Waals surface area contributed by atoms with E-state index in [1.807, 2.05) is 0 Å². The molecule has 0 aromatic heterocycles. The fraction of sp³-hybridized carbons (Fsp3) is 0.647. The molecule has 1 aromatic carbocycles. The van der Waals surface area contributed by atoms with Gasteiger partial charge in [0.05, 0.1) is 6.61 Å². The van der Waals surface area contributed by atoms with Gasteiger partial charge in [0.1, 0.15) is 5.75 Å². The quantitative estimate of drug-likeness (QED) is 0.820. The van der Waals surface area contributed by atoms with Crippen molar-refractivity contribution >= 4 is 5.69 Å². The summed E-state index contributed by atoms with van der Waals surface area (Å²) in [6.45, 7) is 8.87. The van der Waals surface area contributed by atoms with Crippen LogP contribution in [0.3, 0.4) is 0 Å². The number of hydrogen-bond donors (Lipinski definition) is 1. The zero-order valence-corrected chi connectivity index (χ0v) is 12.9. The molecule has 112 valence electrons. The molecule has 1 aromatic rings. The molecule has 0 aliphatic carbocycles. The second-order valence-corrected chi connectivity index (χ2v) is 5.63. The Labute approximate surface area is 123 Å². The molecule has 0 radical (unpaired) electrons. The minimum Gasteiger partial charge on any atom is -0.494 e. The van der Waals surface area contributed by atoms with Crippen LogP contribution in [0.25, 0.3) is 0 Å². The number of nitrogens with zero attached hydrogens (tertiary/aromatic N) is 1. The lowest BCUT2D eigenvalue weighted by Crippen LogP contribution is -2.39. The number of anilines is 1. The van der Waals surface area contributed by atoms with Crippen molar-refractivity contribution in [3.05, 3.63) is 24.3 Å². The Kier molecular flexibility index (Phi) is 6.19. The molecule has 1 aliphatic heterocycles. The lowest BCUT2D eigenvalue weighted by atomic mass is 10.0. The zero-order valence-electron chi connectivity index (χ0n) is 12.9. The molecular formula is C17H28N2O. The van der Waals surface area contributed by atoms with E-state index in [1.54, 1.807) is 0 Å². The first-order chi connectivity index (χ1) is 9.81. The highest BCUT2D eigenvalue weighted by Crippen LogP contribution is 2.20.